The predicted octanol–water partition coefficient (Wildman–Crippen LogP) is 8.11. The minimum absolute atomic E-state index is 0.876. The first-order valence-electron chi connectivity index (χ1n) is 11.4. The Morgan fingerprint density at radius 1 is 0.704 bits per heavy atom. The predicted molar refractivity (Wildman–Crippen MR) is 124 cm³/mol. The molecule has 0 saturated heterocycles. The molecule has 0 spiro atoms. The van der Waals surface area contributed by atoms with Crippen LogP contribution in [0.15, 0.2) is 49.6 Å². The van der Waals surface area contributed by atoms with Crippen molar-refractivity contribution in [3.8, 4) is 0 Å². The molecule has 1 aromatic carbocycles. The van der Waals surface area contributed by atoms with Crippen LogP contribution in [0, 0.1) is 0 Å². The van der Waals surface area contributed by atoms with Gasteiger partial charge in [-0.25, -0.2) is 0 Å². The average Bonchev–Trinajstić information content (AvgIpc) is 2.69. The molecule has 0 aliphatic heterocycles. The molecule has 1 heteroatoms. The molecule has 0 saturated carbocycles. The standard InChI is InChI=1S/C26H43N/c1-4-7-8-9-10-11-12-13-14-15-16-17-20-25-21-18-19-22-26(25)27(23-5-2)24-6-3/h5-6,18-19,21-22H,2-4,7-17,20,23-24H2,1H3. The van der Waals surface area contributed by atoms with Gasteiger partial charge in [0.25, 0.3) is 0 Å². The summed E-state index contributed by atoms with van der Waals surface area (Å²) >= 11 is 0. The monoisotopic (exact) mass is 369 g/mol. The Morgan fingerprint density at radius 2 is 1.19 bits per heavy atom. The van der Waals surface area contributed by atoms with E-state index in [0.717, 1.165) is 13.1 Å². The van der Waals surface area contributed by atoms with Gasteiger partial charge in [-0.15, -0.1) is 13.2 Å². The van der Waals surface area contributed by atoms with Crippen molar-refractivity contribution in [3.05, 3.63) is 55.1 Å². The van der Waals surface area contributed by atoms with E-state index < -0.39 is 0 Å². The first-order chi connectivity index (χ1) is 13.3. The van der Waals surface area contributed by atoms with Gasteiger partial charge in [0.2, 0.25) is 0 Å². The molecule has 1 nitrogen and oxygen atoms in total. The van der Waals surface area contributed by atoms with E-state index in [9.17, 15) is 0 Å². The van der Waals surface area contributed by atoms with Crippen LogP contribution >= 0.6 is 0 Å². The minimum atomic E-state index is 0.876. The van der Waals surface area contributed by atoms with E-state index in [0.29, 0.717) is 0 Å². The lowest BCUT2D eigenvalue weighted by Crippen LogP contribution is -2.24. The van der Waals surface area contributed by atoms with Crippen LogP contribution in [0.5, 0.6) is 0 Å². The van der Waals surface area contributed by atoms with Crippen molar-refractivity contribution in [1.82, 2.24) is 0 Å². The van der Waals surface area contributed by atoms with Crippen LogP contribution in [0.1, 0.15) is 89.5 Å². The zero-order chi connectivity index (χ0) is 19.6. The van der Waals surface area contributed by atoms with Crippen LogP contribution < -0.4 is 4.90 Å². The zero-order valence-corrected chi connectivity index (χ0v) is 17.9. The summed E-state index contributed by atoms with van der Waals surface area (Å²) in [6.45, 7) is 11.8. The molecule has 0 aliphatic rings. The highest BCUT2D eigenvalue weighted by Crippen LogP contribution is 2.23. The maximum Gasteiger partial charge on any atom is 0.0404 e. The molecular weight excluding hydrogens is 326 g/mol. The van der Waals surface area contributed by atoms with E-state index in [1.54, 1.807) is 0 Å². The normalized spacial score (nSPS) is 10.7. The lowest BCUT2D eigenvalue weighted by molar-refractivity contribution is 0.544. The van der Waals surface area contributed by atoms with Crippen molar-refractivity contribution in [2.45, 2.75) is 90.4 Å². The summed E-state index contributed by atoms with van der Waals surface area (Å²) in [6.07, 6.45) is 22.0. The smallest absolute Gasteiger partial charge is 0.0404 e. The molecule has 0 N–H and O–H groups in total. The van der Waals surface area contributed by atoms with Crippen molar-refractivity contribution in [3.63, 3.8) is 0 Å². The number of para-hydroxylation sites is 1. The Balaban J connectivity index is 2.18. The Hall–Kier alpha value is -1.50. The number of aryl methyl sites for hydroxylation is 1. The maximum absolute atomic E-state index is 3.90. The van der Waals surface area contributed by atoms with Crippen molar-refractivity contribution < 1.29 is 0 Å². The summed E-state index contributed by atoms with van der Waals surface area (Å²) in [5.41, 5.74) is 2.81. The molecule has 0 aliphatic carbocycles. The molecule has 0 heterocycles. The topological polar surface area (TPSA) is 3.24 Å². The largest absolute Gasteiger partial charge is 0.364 e. The second kappa shape index (κ2) is 16.7. The number of anilines is 1. The van der Waals surface area contributed by atoms with Gasteiger partial charge in [0.05, 0.1) is 0 Å². The summed E-state index contributed by atoms with van der Waals surface area (Å²) in [5, 5.41) is 0. The van der Waals surface area contributed by atoms with E-state index in [1.165, 1.54) is 94.7 Å². The Morgan fingerprint density at radius 3 is 1.70 bits per heavy atom. The second-order valence-electron chi connectivity index (χ2n) is 7.75. The molecule has 0 bridgehead atoms. The van der Waals surface area contributed by atoms with E-state index in [4.69, 9.17) is 0 Å². The maximum atomic E-state index is 3.90. The Labute approximate surface area is 169 Å². The molecule has 0 fully saturated rings. The first kappa shape index (κ1) is 23.5. The van der Waals surface area contributed by atoms with Gasteiger partial charge in [-0.05, 0) is 24.5 Å². The van der Waals surface area contributed by atoms with Crippen LogP contribution in [0.4, 0.5) is 5.69 Å². The lowest BCUT2D eigenvalue weighted by Gasteiger charge is -2.24. The number of nitrogens with zero attached hydrogens (tertiary/aromatic N) is 1. The number of benzene rings is 1. The molecular formula is C26H43N. The number of hydrogen-bond donors (Lipinski definition) is 0. The highest BCUT2D eigenvalue weighted by atomic mass is 15.1. The van der Waals surface area contributed by atoms with Gasteiger partial charge in [-0.1, -0.05) is 108 Å². The summed E-state index contributed by atoms with van der Waals surface area (Å²) < 4.78 is 0. The number of hydrogen-bond acceptors (Lipinski definition) is 1. The van der Waals surface area contributed by atoms with Crippen LogP contribution in [0.3, 0.4) is 0 Å². The molecule has 1 rings (SSSR count). The van der Waals surface area contributed by atoms with E-state index in [-0.39, 0.29) is 0 Å². The second-order valence-corrected chi connectivity index (χ2v) is 7.75. The van der Waals surface area contributed by atoms with Gasteiger partial charge < -0.3 is 4.90 Å². The first-order valence-corrected chi connectivity index (χ1v) is 11.4. The van der Waals surface area contributed by atoms with Crippen LogP contribution in [0.25, 0.3) is 0 Å². The van der Waals surface area contributed by atoms with Crippen LogP contribution in [-0.2, 0) is 6.42 Å². The molecule has 27 heavy (non-hydrogen) atoms. The summed E-state index contributed by atoms with van der Waals surface area (Å²) in [6, 6.07) is 8.83. The molecule has 0 atom stereocenters. The van der Waals surface area contributed by atoms with Gasteiger partial charge in [0.15, 0.2) is 0 Å². The SMILES string of the molecule is C=CCN(CC=C)c1ccccc1CCCCCCCCCCCCCC. The number of rotatable bonds is 18. The third kappa shape index (κ3) is 11.1. The van der Waals surface area contributed by atoms with Gasteiger partial charge in [0.1, 0.15) is 0 Å². The lowest BCUT2D eigenvalue weighted by atomic mass is 10.0. The summed E-state index contributed by atoms with van der Waals surface area (Å²) in [7, 11) is 0. The van der Waals surface area contributed by atoms with Gasteiger partial charge in [-0.2, -0.15) is 0 Å². The van der Waals surface area contributed by atoms with Crippen molar-refractivity contribution in [2.75, 3.05) is 18.0 Å². The van der Waals surface area contributed by atoms with E-state index in [2.05, 4.69) is 49.2 Å². The zero-order valence-electron chi connectivity index (χ0n) is 17.9. The molecule has 0 radical (unpaired) electrons. The number of unbranched alkanes of at least 4 members (excludes halogenated alkanes) is 11. The third-order valence-electron chi connectivity index (χ3n) is 5.33. The molecule has 0 aromatic heterocycles. The molecule has 1 aromatic rings. The van der Waals surface area contributed by atoms with E-state index in [1.807, 2.05) is 12.2 Å². The highest BCUT2D eigenvalue weighted by Gasteiger charge is 2.08. The van der Waals surface area contributed by atoms with Crippen molar-refractivity contribution in [2.24, 2.45) is 0 Å². The van der Waals surface area contributed by atoms with E-state index >= 15 is 0 Å². The summed E-state index contributed by atoms with van der Waals surface area (Å²) in [4.78, 5) is 2.36. The summed E-state index contributed by atoms with van der Waals surface area (Å²) in [5.74, 6) is 0. The minimum Gasteiger partial charge on any atom is -0.364 e. The fraction of sp³-hybridized carbons (Fsp3) is 0.615. The molecule has 152 valence electrons. The Bertz CT molecular complexity index is 481. The van der Waals surface area contributed by atoms with Gasteiger partial charge in [-0.3, -0.25) is 0 Å². The fourth-order valence-electron chi connectivity index (χ4n) is 3.77. The van der Waals surface area contributed by atoms with Crippen LogP contribution in [0.2, 0.25) is 0 Å². The highest BCUT2D eigenvalue weighted by molar-refractivity contribution is 5.54. The van der Waals surface area contributed by atoms with Crippen molar-refractivity contribution >= 4 is 5.69 Å². The van der Waals surface area contributed by atoms with Gasteiger partial charge >= 0.3 is 0 Å². The molecule has 0 amide bonds. The quantitative estimate of drug-likeness (QED) is 0.186. The third-order valence-corrected chi connectivity index (χ3v) is 5.33. The Kier molecular flexibility index (Phi) is 14.5. The van der Waals surface area contributed by atoms with Crippen LogP contribution in [-0.4, -0.2) is 13.1 Å². The average molecular weight is 370 g/mol. The van der Waals surface area contributed by atoms with Gasteiger partial charge in [0, 0.05) is 18.8 Å². The fourth-order valence-corrected chi connectivity index (χ4v) is 3.77. The molecule has 0 unspecified atom stereocenters. The van der Waals surface area contributed by atoms with Crippen molar-refractivity contribution in [1.29, 1.82) is 0 Å².